The minimum Gasteiger partial charge on any atom is -0.488 e. The van der Waals surface area contributed by atoms with E-state index in [0.717, 1.165) is 22.4 Å². The first-order valence-electron chi connectivity index (χ1n) is 12.3. The van der Waals surface area contributed by atoms with Crippen LogP contribution < -0.4 is 4.74 Å². The van der Waals surface area contributed by atoms with Crippen molar-refractivity contribution in [2.45, 2.75) is 97.6 Å². The third-order valence-corrected chi connectivity index (χ3v) is 16.5. The van der Waals surface area contributed by atoms with Gasteiger partial charge in [0.15, 0.2) is 16.6 Å². The minimum atomic E-state index is -1.80. The van der Waals surface area contributed by atoms with Crippen molar-refractivity contribution in [2.75, 3.05) is 0 Å². The highest BCUT2D eigenvalue weighted by Crippen LogP contribution is 2.38. The smallest absolute Gasteiger partial charge is 0.192 e. The number of hydrogen-bond acceptors (Lipinski definition) is 3. The molecule has 0 aliphatic carbocycles. The van der Waals surface area contributed by atoms with Crippen LogP contribution in [-0.2, 0) is 28.7 Å². The highest BCUT2D eigenvalue weighted by molar-refractivity contribution is 6.74. The predicted octanol–water partition coefficient (Wildman–Crippen LogP) is 8.95. The SMILES string of the molecule is C=Cc1ccc(CO[Si](C)(C)C(C)(C)C)cc1OCc1ccc(CO[Si](C)(C)C(C)(C)C)cc1. The largest absolute Gasteiger partial charge is 0.488 e. The van der Waals surface area contributed by atoms with E-state index in [1.54, 1.807) is 0 Å². The van der Waals surface area contributed by atoms with Crippen LogP contribution in [0.4, 0.5) is 0 Å². The van der Waals surface area contributed by atoms with Crippen LogP contribution in [0, 0.1) is 0 Å². The molecular weight excluding hydrogens is 452 g/mol. The van der Waals surface area contributed by atoms with E-state index in [9.17, 15) is 0 Å². The van der Waals surface area contributed by atoms with Gasteiger partial charge in [0.05, 0.1) is 13.2 Å². The Balaban J connectivity index is 2.01. The molecule has 0 unspecified atom stereocenters. The second-order valence-corrected chi connectivity index (χ2v) is 21.9. The summed E-state index contributed by atoms with van der Waals surface area (Å²) in [5.41, 5.74) is 4.46. The molecule has 0 radical (unpaired) electrons. The fourth-order valence-electron chi connectivity index (χ4n) is 2.82. The van der Waals surface area contributed by atoms with Crippen molar-refractivity contribution < 1.29 is 13.6 Å². The maximum Gasteiger partial charge on any atom is 0.192 e. The Morgan fingerprint density at radius 2 is 1.09 bits per heavy atom. The second kappa shape index (κ2) is 10.9. The van der Waals surface area contributed by atoms with Crippen molar-refractivity contribution in [3.8, 4) is 5.75 Å². The summed E-state index contributed by atoms with van der Waals surface area (Å²) in [6.45, 7) is 28.5. The zero-order valence-electron chi connectivity index (χ0n) is 23.2. The van der Waals surface area contributed by atoms with Crippen LogP contribution in [-0.4, -0.2) is 16.6 Å². The van der Waals surface area contributed by atoms with Crippen molar-refractivity contribution in [3.63, 3.8) is 0 Å². The van der Waals surface area contributed by atoms with Crippen LogP contribution in [0.2, 0.25) is 36.3 Å². The standard InChI is InChI=1S/C29H46O3Si2/c1-12-26-18-17-25(22-32-34(10,11)29(5,6)7)19-27(26)30-20-23-13-15-24(16-14-23)21-31-33(8,9)28(2,3)4/h12-19H,1,20-22H2,2-11H3. The lowest BCUT2D eigenvalue weighted by Crippen LogP contribution is -2.40. The Hall–Kier alpha value is -1.67. The molecule has 0 bridgehead atoms. The van der Waals surface area contributed by atoms with Crippen molar-refractivity contribution in [1.29, 1.82) is 0 Å². The van der Waals surface area contributed by atoms with Crippen LogP contribution >= 0.6 is 0 Å². The van der Waals surface area contributed by atoms with E-state index in [4.69, 9.17) is 13.6 Å². The van der Waals surface area contributed by atoms with Crippen LogP contribution in [0.25, 0.3) is 6.08 Å². The van der Waals surface area contributed by atoms with E-state index >= 15 is 0 Å². The summed E-state index contributed by atoms with van der Waals surface area (Å²) < 4.78 is 19.0. The van der Waals surface area contributed by atoms with E-state index < -0.39 is 16.6 Å². The van der Waals surface area contributed by atoms with Crippen LogP contribution in [0.5, 0.6) is 5.75 Å². The summed E-state index contributed by atoms with van der Waals surface area (Å²) in [5.74, 6) is 0.844. The van der Waals surface area contributed by atoms with Crippen LogP contribution in [0.3, 0.4) is 0 Å². The molecule has 2 rings (SSSR count). The molecule has 0 saturated heterocycles. The molecule has 0 saturated carbocycles. The van der Waals surface area contributed by atoms with Gasteiger partial charge in [0, 0.05) is 5.56 Å². The molecule has 34 heavy (non-hydrogen) atoms. The van der Waals surface area contributed by atoms with Gasteiger partial charge in [-0.1, -0.05) is 90.6 Å². The summed E-state index contributed by atoms with van der Waals surface area (Å²) in [6, 6.07) is 14.8. The van der Waals surface area contributed by atoms with Crippen molar-refractivity contribution in [2.24, 2.45) is 0 Å². The van der Waals surface area contributed by atoms with E-state index in [1.807, 2.05) is 6.08 Å². The normalized spacial score (nSPS) is 13.1. The molecule has 0 N–H and O–H groups in total. The molecular formula is C29H46O3Si2. The molecule has 0 amide bonds. The Morgan fingerprint density at radius 3 is 1.53 bits per heavy atom. The second-order valence-electron chi connectivity index (χ2n) is 12.3. The zero-order chi connectivity index (χ0) is 25.8. The quantitative estimate of drug-likeness (QED) is 0.306. The lowest BCUT2D eigenvalue weighted by Gasteiger charge is -2.36. The first kappa shape index (κ1) is 28.6. The maximum absolute atomic E-state index is 6.40. The molecule has 3 nitrogen and oxygen atoms in total. The molecule has 0 aliphatic heterocycles. The molecule has 188 valence electrons. The first-order chi connectivity index (χ1) is 15.6. The monoisotopic (exact) mass is 498 g/mol. The van der Waals surface area contributed by atoms with Gasteiger partial charge in [0.25, 0.3) is 0 Å². The minimum absolute atomic E-state index is 0.190. The average molecular weight is 499 g/mol. The van der Waals surface area contributed by atoms with Crippen molar-refractivity contribution in [1.82, 2.24) is 0 Å². The highest BCUT2D eigenvalue weighted by atomic mass is 28.4. The molecule has 2 aromatic carbocycles. The summed E-state index contributed by atoms with van der Waals surface area (Å²) in [7, 11) is -3.55. The fraction of sp³-hybridized carbons (Fsp3) is 0.517. The highest BCUT2D eigenvalue weighted by Gasteiger charge is 2.37. The first-order valence-corrected chi connectivity index (χ1v) is 18.1. The summed E-state index contributed by atoms with van der Waals surface area (Å²) in [5, 5.41) is 0.406. The Morgan fingerprint density at radius 1 is 0.676 bits per heavy atom. The van der Waals surface area contributed by atoms with Gasteiger partial charge in [-0.3, -0.25) is 0 Å². The lowest BCUT2D eigenvalue weighted by atomic mass is 10.1. The molecule has 0 spiro atoms. The van der Waals surface area contributed by atoms with E-state index in [2.05, 4.69) is 117 Å². The lowest BCUT2D eigenvalue weighted by molar-refractivity contribution is 0.273. The fourth-order valence-corrected chi connectivity index (χ4v) is 4.74. The molecule has 0 atom stereocenters. The molecule has 5 heteroatoms. The van der Waals surface area contributed by atoms with Gasteiger partial charge in [0.1, 0.15) is 12.4 Å². The summed E-state index contributed by atoms with van der Waals surface area (Å²) in [4.78, 5) is 0. The average Bonchev–Trinajstić information content (AvgIpc) is 2.74. The summed E-state index contributed by atoms with van der Waals surface area (Å²) >= 11 is 0. The van der Waals surface area contributed by atoms with Crippen LogP contribution in [0.1, 0.15) is 63.8 Å². The van der Waals surface area contributed by atoms with Gasteiger partial charge >= 0.3 is 0 Å². The molecule has 0 aromatic heterocycles. The van der Waals surface area contributed by atoms with E-state index in [0.29, 0.717) is 19.8 Å². The van der Waals surface area contributed by atoms with Gasteiger partial charge in [0.2, 0.25) is 0 Å². The number of rotatable bonds is 10. The third kappa shape index (κ3) is 7.67. The van der Waals surface area contributed by atoms with Gasteiger partial charge < -0.3 is 13.6 Å². The van der Waals surface area contributed by atoms with Gasteiger partial charge in [-0.15, -0.1) is 0 Å². The zero-order valence-corrected chi connectivity index (χ0v) is 25.2. The van der Waals surface area contributed by atoms with Gasteiger partial charge in [-0.25, -0.2) is 0 Å². The number of ether oxygens (including phenoxy) is 1. The molecule has 0 fully saturated rings. The Bertz CT molecular complexity index is 949. The summed E-state index contributed by atoms with van der Waals surface area (Å²) in [6.07, 6.45) is 1.84. The third-order valence-electron chi connectivity index (χ3n) is 7.53. The molecule has 2 aromatic rings. The van der Waals surface area contributed by atoms with Gasteiger partial charge in [-0.05, 0) is 59.0 Å². The Labute approximate surface area is 210 Å². The topological polar surface area (TPSA) is 27.7 Å². The number of hydrogen-bond donors (Lipinski definition) is 0. The van der Waals surface area contributed by atoms with Crippen molar-refractivity contribution in [3.05, 3.63) is 71.3 Å². The van der Waals surface area contributed by atoms with E-state index in [-0.39, 0.29) is 10.1 Å². The maximum atomic E-state index is 6.40. The van der Waals surface area contributed by atoms with E-state index in [1.165, 1.54) is 5.56 Å². The van der Waals surface area contributed by atoms with Crippen molar-refractivity contribution >= 4 is 22.7 Å². The number of benzene rings is 2. The van der Waals surface area contributed by atoms with Crippen LogP contribution in [0.15, 0.2) is 49.0 Å². The van der Waals surface area contributed by atoms with Gasteiger partial charge in [-0.2, -0.15) is 0 Å². The molecule has 0 aliphatic rings. The molecule has 0 heterocycles. The predicted molar refractivity (Wildman–Crippen MR) is 151 cm³/mol. The Kier molecular flexibility index (Phi) is 9.19.